The molecule has 1 aromatic carbocycles. The third-order valence-electron chi connectivity index (χ3n) is 2.46. The Morgan fingerprint density at radius 1 is 1.06 bits per heavy atom. The molecule has 0 bridgehead atoms. The summed E-state index contributed by atoms with van der Waals surface area (Å²) in [6.07, 6.45) is 0. The number of amides is 1. The smallest absolute Gasteiger partial charge is 0.253 e. The molecule has 0 spiro atoms. The van der Waals surface area contributed by atoms with E-state index in [2.05, 4.69) is 0 Å². The van der Waals surface area contributed by atoms with Gasteiger partial charge in [-0.3, -0.25) is 4.79 Å². The minimum atomic E-state index is -1.57. The molecule has 1 rings (SSSR count). The third-order valence-corrected chi connectivity index (χ3v) is 2.46. The number of hydrogen-bond acceptors (Lipinski definition) is 2. The number of carbonyl (C=O) groups is 1. The second-order valence-electron chi connectivity index (χ2n) is 4.28. The zero-order valence-electron chi connectivity index (χ0n) is 10.5. The molecular weight excluding hydrogens is 245 g/mol. The molecule has 3 nitrogen and oxygen atoms in total. The first-order valence-corrected chi connectivity index (χ1v) is 5.37. The Morgan fingerprint density at radius 3 is 2.00 bits per heavy atom. The largest absolute Gasteiger partial charge is 0.340 e. The molecule has 0 aliphatic carbocycles. The van der Waals surface area contributed by atoms with E-state index in [0.717, 1.165) is 0 Å². The van der Waals surface area contributed by atoms with Gasteiger partial charge in [0, 0.05) is 25.7 Å². The number of benzene rings is 1. The molecular formula is C12H15F3N2O. The fraction of sp³-hybridized carbons (Fsp3) is 0.417. The van der Waals surface area contributed by atoms with E-state index in [1.807, 2.05) is 19.0 Å². The Balaban J connectivity index is 2.84. The van der Waals surface area contributed by atoms with E-state index in [9.17, 15) is 18.0 Å². The number of nitrogens with zero attached hydrogens (tertiary/aromatic N) is 2. The standard InChI is InChI=1S/C12H15F3N2O/c1-16(2)4-5-17(3)12(18)8-6-9(13)11(15)10(14)7-8/h6-7H,4-5H2,1-3H3. The molecule has 0 fully saturated rings. The van der Waals surface area contributed by atoms with Crippen LogP contribution in [0, 0.1) is 17.5 Å². The van der Waals surface area contributed by atoms with Crippen LogP contribution in [0.5, 0.6) is 0 Å². The van der Waals surface area contributed by atoms with Crippen molar-refractivity contribution in [2.75, 3.05) is 34.2 Å². The van der Waals surface area contributed by atoms with Gasteiger partial charge in [-0.15, -0.1) is 0 Å². The summed E-state index contributed by atoms with van der Waals surface area (Å²) in [7, 11) is 5.20. The Bertz CT molecular complexity index is 426. The van der Waals surface area contributed by atoms with Crippen LogP contribution in [-0.2, 0) is 0 Å². The van der Waals surface area contributed by atoms with Gasteiger partial charge in [-0.2, -0.15) is 0 Å². The van der Waals surface area contributed by atoms with Crippen LogP contribution >= 0.6 is 0 Å². The summed E-state index contributed by atoms with van der Waals surface area (Å²) in [6.45, 7) is 1.03. The van der Waals surface area contributed by atoms with Gasteiger partial charge in [0.15, 0.2) is 17.5 Å². The molecule has 6 heteroatoms. The highest BCUT2D eigenvalue weighted by molar-refractivity contribution is 5.94. The molecule has 100 valence electrons. The van der Waals surface area contributed by atoms with Crippen molar-refractivity contribution in [2.45, 2.75) is 0 Å². The van der Waals surface area contributed by atoms with Crippen LogP contribution in [-0.4, -0.2) is 49.9 Å². The maximum absolute atomic E-state index is 13.0. The average Bonchev–Trinajstić information content (AvgIpc) is 2.31. The molecule has 0 aliphatic heterocycles. The van der Waals surface area contributed by atoms with Crippen molar-refractivity contribution in [1.29, 1.82) is 0 Å². The van der Waals surface area contributed by atoms with Crippen LogP contribution in [0.1, 0.15) is 10.4 Å². The predicted molar refractivity (Wildman–Crippen MR) is 61.8 cm³/mol. The zero-order chi connectivity index (χ0) is 13.9. The molecule has 0 aliphatic rings. The van der Waals surface area contributed by atoms with Crippen LogP contribution in [0.15, 0.2) is 12.1 Å². The molecule has 18 heavy (non-hydrogen) atoms. The topological polar surface area (TPSA) is 23.6 Å². The summed E-state index contributed by atoms with van der Waals surface area (Å²) in [5, 5.41) is 0. The fourth-order valence-corrected chi connectivity index (χ4v) is 1.35. The van der Waals surface area contributed by atoms with E-state index in [-0.39, 0.29) is 5.56 Å². The minimum absolute atomic E-state index is 0.201. The lowest BCUT2D eigenvalue weighted by atomic mass is 10.2. The van der Waals surface area contributed by atoms with Crippen molar-refractivity contribution in [3.63, 3.8) is 0 Å². The van der Waals surface area contributed by atoms with Crippen molar-refractivity contribution >= 4 is 5.91 Å². The van der Waals surface area contributed by atoms with Crippen molar-refractivity contribution < 1.29 is 18.0 Å². The van der Waals surface area contributed by atoms with Crippen LogP contribution < -0.4 is 0 Å². The Morgan fingerprint density at radius 2 is 1.56 bits per heavy atom. The molecule has 1 amide bonds. The van der Waals surface area contributed by atoms with Gasteiger partial charge in [-0.25, -0.2) is 13.2 Å². The fourth-order valence-electron chi connectivity index (χ4n) is 1.35. The molecule has 0 saturated heterocycles. The van der Waals surface area contributed by atoms with E-state index in [1.165, 1.54) is 11.9 Å². The van der Waals surface area contributed by atoms with E-state index in [0.29, 0.717) is 25.2 Å². The molecule has 0 saturated carbocycles. The van der Waals surface area contributed by atoms with Gasteiger partial charge < -0.3 is 9.80 Å². The number of carbonyl (C=O) groups excluding carboxylic acids is 1. The van der Waals surface area contributed by atoms with Crippen molar-refractivity contribution in [2.24, 2.45) is 0 Å². The lowest BCUT2D eigenvalue weighted by Crippen LogP contribution is -2.33. The summed E-state index contributed by atoms with van der Waals surface area (Å²) >= 11 is 0. The summed E-state index contributed by atoms with van der Waals surface area (Å²) in [6, 6.07) is 1.40. The first kappa shape index (κ1) is 14.5. The second kappa shape index (κ2) is 5.86. The van der Waals surface area contributed by atoms with Gasteiger partial charge in [0.1, 0.15) is 0 Å². The first-order chi connectivity index (χ1) is 8.32. The normalized spacial score (nSPS) is 10.8. The quantitative estimate of drug-likeness (QED) is 0.770. The number of halogens is 3. The second-order valence-corrected chi connectivity index (χ2v) is 4.28. The lowest BCUT2D eigenvalue weighted by Gasteiger charge is -2.19. The van der Waals surface area contributed by atoms with Crippen LogP contribution in [0.4, 0.5) is 13.2 Å². The third kappa shape index (κ3) is 3.46. The monoisotopic (exact) mass is 260 g/mol. The van der Waals surface area contributed by atoms with Crippen molar-refractivity contribution in [3.8, 4) is 0 Å². The predicted octanol–water partition coefficient (Wildman–Crippen LogP) is 1.74. The highest BCUT2D eigenvalue weighted by Crippen LogP contribution is 2.14. The minimum Gasteiger partial charge on any atom is -0.340 e. The molecule has 0 atom stereocenters. The summed E-state index contributed by atoms with van der Waals surface area (Å²) in [5.41, 5.74) is -0.201. The number of likely N-dealkylation sites (N-methyl/N-ethyl adjacent to an activating group) is 2. The average molecular weight is 260 g/mol. The maximum atomic E-state index is 13.0. The number of hydrogen-bond donors (Lipinski definition) is 0. The summed E-state index contributed by atoms with van der Waals surface area (Å²) in [5.74, 6) is -4.84. The van der Waals surface area contributed by atoms with Gasteiger partial charge in [0.25, 0.3) is 5.91 Å². The Labute approximate surface area is 104 Å². The molecule has 0 aromatic heterocycles. The molecule has 0 unspecified atom stereocenters. The first-order valence-electron chi connectivity index (χ1n) is 5.37. The molecule has 0 N–H and O–H groups in total. The van der Waals surface area contributed by atoms with Crippen molar-refractivity contribution in [1.82, 2.24) is 9.80 Å². The molecule has 0 radical (unpaired) electrons. The van der Waals surface area contributed by atoms with Gasteiger partial charge in [0.2, 0.25) is 0 Å². The van der Waals surface area contributed by atoms with E-state index in [4.69, 9.17) is 0 Å². The summed E-state index contributed by atoms with van der Waals surface area (Å²) in [4.78, 5) is 15.0. The molecule has 0 heterocycles. The van der Waals surface area contributed by atoms with Gasteiger partial charge >= 0.3 is 0 Å². The summed E-state index contributed by atoms with van der Waals surface area (Å²) < 4.78 is 38.7. The van der Waals surface area contributed by atoms with Gasteiger partial charge in [-0.05, 0) is 26.2 Å². The lowest BCUT2D eigenvalue weighted by molar-refractivity contribution is 0.0785. The highest BCUT2D eigenvalue weighted by atomic mass is 19.2. The maximum Gasteiger partial charge on any atom is 0.253 e. The van der Waals surface area contributed by atoms with Gasteiger partial charge in [0.05, 0.1) is 0 Å². The zero-order valence-corrected chi connectivity index (χ0v) is 10.5. The SMILES string of the molecule is CN(C)CCN(C)C(=O)c1cc(F)c(F)c(F)c1. The molecule has 1 aromatic rings. The van der Waals surface area contributed by atoms with E-state index < -0.39 is 23.4 Å². The van der Waals surface area contributed by atoms with Crippen LogP contribution in [0.2, 0.25) is 0 Å². The Hall–Kier alpha value is -1.56. The van der Waals surface area contributed by atoms with Gasteiger partial charge in [-0.1, -0.05) is 0 Å². The van der Waals surface area contributed by atoms with Crippen molar-refractivity contribution in [3.05, 3.63) is 35.1 Å². The van der Waals surface area contributed by atoms with E-state index >= 15 is 0 Å². The highest BCUT2D eigenvalue weighted by Gasteiger charge is 2.17. The van der Waals surface area contributed by atoms with Crippen LogP contribution in [0.3, 0.4) is 0 Å². The number of rotatable bonds is 4. The van der Waals surface area contributed by atoms with Crippen LogP contribution in [0.25, 0.3) is 0 Å². The van der Waals surface area contributed by atoms with E-state index in [1.54, 1.807) is 0 Å². The Kier molecular flexibility index (Phi) is 4.72.